The highest BCUT2D eigenvalue weighted by Gasteiger charge is 2.31. The molecule has 1 radical (unpaired) electrons. The van der Waals surface area contributed by atoms with E-state index in [2.05, 4.69) is 10.1 Å². The van der Waals surface area contributed by atoms with E-state index in [9.17, 15) is 13.2 Å². The van der Waals surface area contributed by atoms with Gasteiger partial charge in [0, 0.05) is 13.1 Å². The molecule has 0 saturated carbocycles. The van der Waals surface area contributed by atoms with Gasteiger partial charge in [-0.1, -0.05) is 12.1 Å². The summed E-state index contributed by atoms with van der Waals surface area (Å²) < 4.78 is 45.8. The standard InChI is InChI=1S/C14H17F3NO2/c1-13(6-8-18-9-7-13)19-10-11-2-4-12(5-3-11)20-14(15,16)17/h2-5H,6-10H2,1H3. The van der Waals surface area contributed by atoms with E-state index in [1.165, 1.54) is 12.1 Å². The molecule has 20 heavy (non-hydrogen) atoms. The van der Waals surface area contributed by atoms with Gasteiger partial charge in [-0.2, -0.15) is 0 Å². The molecule has 0 aromatic heterocycles. The fourth-order valence-electron chi connectivity index (χ4n) is 2.06. The molecule has 111 valence electrons. The van der Waals surface area contributed by atoms with Crippen LogP contribution in [0.3, 0.4) is 0 Å². The van der Waals surface area contributed by atoms with Crippen molar-refractivity contribution in [1.29, 1.82) is 0 Å². The van der Waals surface area contributed by atoms with Crippen LogP contribution in [-0.2, 0) is 11.3 Å². The molecular formula is C14H17F3NO2. The third kappa shape index (κ3) is 4.68. The van der Waals surface area contributed by atoms with Gasteiger partial charge in [0.2, 0.25) is 0 Å². The molecule has 0 aliphatic carbocycles. The fourth-order valence-corrected chi connectivity index (χ4v) is 2.06. The normalized spacial score (nSPS) is 18.8. The molecule has 1 aromatic rings. The zero-order chi connectivity index (χ0) is 14.6. The summed E-state index contributed by atoms with van der Waals surface area (Å²) in [6, 6.07) is 5.75. The summed E-state index contributed by atoms with van der Waals surface area (Å²) >= 11 is 0. The maximum absolute atomic E-state index is 12.0. The minimum Gasteiger partial charge on any atom is -0.406 e. The summed E-state index contributed by atoms with van der Waals surface area (Å²) in [6.45, 7) is 4.02. The largest absolute Gasteiger partial charge is 0.573 e. The first-order chi connectivity index (χ1) is 9.36. The second-order valence-corrected chi connectivity index (χ2v) is 5.10. The van der Waals surface area contributed by atoms with Gasteiger partial charge >= 0.3 is 6.36 Å². The van der Waals surface area contributed by atoms with Crippen molar-refractivity contribution >= 4 is 0 Å². The molecule has 1 aliphatic rings. The molecule has 1 fully saturated rings. The molecule has 1 heterocycles. The van der Waals surface area contributed by atoms with Gasteiger partial charge in [0.05, 0.1) is 12.2 Å². The van der Waals surface area contributed by atoms with E-state index >= 15 is 0 Å². The minimum atomic E-state index is -4.66. The summed E-state index contributed by atoms with van der Waals surface area (Å²) in [5.41, 5.74) is 0.631. The van der Waals surface area contributed by atoms with Crippen molar-refractivity contribution < 1.29 is 22.6 Å². The van der Waals surface area contributed by atoms with Gasteiger partial charge < -0.3 is 9.47 Å². The maximum atomic E-state index is 12.0. The SMILES string of the molecule is CC1(OCc2ccc(OC(F)(F)F)cc2)CC[N]CC1. The van der Waals surface area contributed by atoms with Crippen LogP contribution in [0.2, 0.25) is 0 Å². The number of halogens is 3. The lowest BCUT2D eigenvalue weighted by molar-refractivity contribution is -0.274. The van der Waals surface area contributed by atoms with Crippen LogP contribution in [0, 0.1) is 0 Å². The van der Waals surface area contributed by atoms with E-state index in [1.807, 2.05) is 6.92 Å². The molecule has 0 spiro atoms. The van der Waals surface area contributed by atoms with Crippen LogP contribution < -0.4 is 10.1 Å². The summed E-state index contributed by atoms with van der Waals surface area (Å²) in [5.74, 6) is -0.219. The summed E-state index contributed by atoms with van der Waals surface area (Å²) in [4.78, 5) is 0. The van der Waals surface area contributed by atoms with Crippen LogP contribution in [0.25, 0.3) is 0 Å². The molecule has 6 heteroatoms. The first-order valence-electron chi connectivity index (χ1n) is 6.48. The Morgan fingerprint density at radius 3 is 2.30 bits per heavy atom. The molecule has 0 atom stereocenters. The highest BCUT2D eigenvalue weighted by molar-refractivity contribution is 5.27. The van der Waals surface area contributed by atoms with Gasteiger partial charge in [-0.25, -0.2) is 5.32 Å². The van der Waals surface area contributed by atoms with E-state index in [0.717, 1.165) is 31.5 Å². The summed E-state index contributed by atoms with van der Waals surface area (Å²) in [7, 11) is 0. The molecule has 1 saturated heterocycles. The number of piperidine rings is 1. The average molecular weight is 288 g/mol. The third-order valence-electron chi connectivity index (χ3n) is 3.34. The van der Waals surface area contributed by atoms with E-state index in [4.69, 9.17) is 4.74 Å². The Labute approximate surface area is 116 Å². The van der Waals surface area contributed by atoms with Crippen LogP contribution in [-0.4, -0.2) is 25.1 Å². The monoisotopic (exact) mass is 288 g/mol. The van der Waals surface area contributed by atoms with Gasteiger partial charge in [0.1, 0.15) is 5.75 Å². The topological polar surface area (TPSA) is 32.6 Å². The van der Waals surface area contributed by atoms with Gasteiger partial charge in [0.15, 0.2) is 0 Å². The zero-order valence-electron chi connectivity index (χ0n) is 11.2. The summed E-state index contributed by atoms with van der Waals surface area (Å²) in [6.07, 6.45) is -2.90. The number of ether oxygens (including phenoxy) is 2. The van der Waals surface area contributed by atoms with E-state index in [0.29, 0.717) is 6.61 Å². The van der Waals surface area contributed by atoms with Gasteiger partial charge in [-0.3, -0.25) is 0 Å². The van der Waals surface area contributed by atoms with Crippen LogP contribution >= 0.6 is 0 Å². The number of hydrogen-bond acceptors (Lipinski definition) is 2. The quantitative estimate of drug-likeness (QED) is 0.852. The lowest BCUT2D eigenvalue weighted by Gasteiger charge is -2.33. The lowest BCUT2D eigenvalue weighted by Crippen LogP contribution is -2.38. The zero-order valence-corrected chi connectivity index (χ0v) is 11.2. The third-order valence-corrected chi connectivity index (χ3v) is 3.34. The second-order valence-electron chi connectivity index (χ2n) is 5.10. The van der Waals surface area contributed by atoms with Crippen molar-refractivity contribution in [2.45, 2.75) is 38.3 Å². The minimum absolute atomic E-state index is 0.192. The van der Waals surface area contributed by atoms with Crippen molar-refractivity contribution in [2.24, 2.45) is 0 Å². The lowest BCUT2D eigenvalue weighted by atomic mass is 9.94. The Morgan fingerprint density at radius 2 is 1.75 bits per heavy atom. The summed E-state index contributed by atoms with van der Waals surface area (Å²) in [5, 5.41) is 4.27. The van der Waals surface area contributed by atoms with Crippen molar-refractivity contribution in [3.8, 4) is 5.75 Å². The first kappa shape index (κ1) is 15.1. The van der Waals surface area contributed by atoms with Crippen molar-refractivity contribution in [1.82, 2.24) is 5.32 Å². The molecular weight excluding hydrogens is 271 g/mol. The smallest absolute Gasteiger partial charge is 0.406 e. The molecule has 0 unspecified atom stereocenters. The molecule has 2 rings (SSSR count). The van der Waals surface area contributed by atoms with Crippen LogP contribution in [0.4, 0.5) is 13.2 Å². The van der Waals surface area contributed by atoms with Gasteiger partial charge in [-0.15, -0.1) is 13.2 Å². The highest BCUT2D eigenvalue weighted by Crippen LogP contribution is 2.26. The predicted octanol–water partition coefficient (Wildman–Crippen LogP) is 3.26. The first-order valence-corrected chi connectivity index (χ1v) is 6.48. The van der Waals surface area contributed by atoms with Crippen molar-refractivity contribution in [3.63, 3.8) is 0 Å². The van der Waals surface area contributed by atoms with E-state index < -0.39 is 6.36 Å². The van der Waals surface area contributed by atoms with Crippen LogP contribution in [0.15, 0.2) is 24.3 Å². The Morgan fingerprint density at radius 1 is 1.15 bits per heavy atom. The van der Waals surface area contributed by atoms with E-state index in [1.54, 1.807) is 12.1 Å². The molecule has 0 bridgehead atoms. The van der Waals surface area contributed by atoms with E-state index in [-0.39, 0.29) is 11.4 Å². The van der Waals surface area contributed by atoms with Crippen LogP contribution in [0.5, 0.6) is 5.75 Å². The number of benzene rings is 1. The van der Waals surface area contributed by atoms with Gasteiger partial charge in [-0.05, 0) is 37.5 Å². The molecule has 1 aromatic carbocycles. The number of rotatable bonds is 4. The predicted molar refractivity (Wildman–Crippen MR) is 67.4 cm³/mol. The molecule has 0 amide bonds. The fraction of sp³-hybridized carbons (Fsp3) is 0.571. The second kappa shape index (κ2) is 6.01. The van der Waals surface area contributed by atoms with Crippen LogP contribution in [0.1, 0.15) is 25.3 Å². The van der Waals surface area contributed by atoms with Crippen molar-refractivity contribution in [2.75, 3.05) is 13.1 Å². The molecule has 3 nitrogen and oxygen atoms in total. The van der Waals surface area contributed by atoms with Crippen molar-refractivity contribution in [3.05, 3.63) is 29.8 Å². The maximum Gasteiger partial charge on any atom is 0.573 e. The Kier molecular flexibility index (Phi) is 4.55. The highest BCUT2D eigenvalue weighted by atomic mass is 19.4. The Bertz CT molecular complexity index is 425. The average Bonchev–Trinajstić information content (AvgIpc) is 2.37. The molecule has 1 aliphatic heterocycles. The number of hydrogen-bond donors (Lipinski definition) is 0. The Balaban J connectivity index is 1.87. The van der Waals surface area contributed by atoms with Gasteiger partial charge in [0.25, 0.3) is 0 Å². The number of alkyl halides is 3. The number of nitrogens with zero attached hydrogens (tertiary/aromatic N) is 1. The molecule has 0 N–H and O–H groups in total. The Hall–Kier alpha value is -1.27.